The highest BCUT2D eigenvalue weighted by atomic mass is 19.4. The number of likely N-dealkylation sites (N-methyl/N-ethyl adjacent to an activating group) is 1. The van der Waals surface area contributed by atoms with Gasteiger partial charge in [0.2, 0.25) is 23.6 Å². The molecule has 7 amide bonds. The van der Waals surface area contributed by atoms with Gasteiger partial charge in [0.05, 0.1) is 35.1 Å². The monoisotopic (exact) mass is 1870 g/mol. The number of amides is 7. The number of ether oxygens (including phenoxy) is 1. The van der Waals surface area contributed by atoms with Crippen LogP contribution >= 0.6 is 0 Å². The van der Waals surface area contributed by atoms with Crippen molar-refractivity contribution in [3.05, 3.63) is 253 Å². The molecule has 8 aromatic rings. The second-order valence-electron chi connectivity index (χ2n) is 38.6. The lowest BCUT2D eigenvalue weighted by molar-refractivity contribution is -0.384. The number of halogens is 8. The molecule has 33 heteroatoms. The number of aliphatic hydroxyl groups excluding tert-OH is 1. The Labute approximate surface area is 779 Å². The zero-order chi connectivity index (χ0) is 98.7. The maximum atomic E-state index is 14.3. The van der Waals surface area contributed by atoms with Gasteiger partial charge in [-0.25, -0.2) is 22.9 Å². The number of anilines is 3. The van der Waals surface area contributed by atoms with E-state index in [-0.39, 0.29) is 63.3 Å². The van der Waals surface area contributed by atoms with E-state index in [0.29, 0.717) is 88.1 Å². The average molecular weight is 1870 g/mol. The lowest BCUT2D eigenvalue weighted by atomic mass is 9.64. The minimum Gasteiger partial charge on any atom is -0.459 e. The topological polar surface area (TPSA) is 344 Å². The number of ketones is 1. The zero-order valence-corrected chi connectivity index (χ0v) is 78.2. The van der Waals surface area contributed by atoms with Crippen molar-refractivity contribution in [2.24, 2.45) is 16.2 Å². The number of aryl methyl sites for hydroxylation is 2. The molecule has 1 fully saturated rings. The van der Waals surface area contributed by atoms with Crippen molar-refractivity contribution in [1.82, 2.24) is 41.5 Å². The smallest absolute Gasteiger partial charge is 0.455 e. The number of aliphatic hydroxyl groups is 1. The Bertz CT molecular complexity index is 5820. The number of carbonyl (C=O) groups excluding carboxylic acids is 9. The number of nitro benzene ring substituents is 1. The van der Waals surface area contributed by atoms with Crippen molar-refractivity contribution in [1.29, 1.82) is 0 Å². The minimum atomic E-state index is -5.86. The van der Waals surface area contributed by atoms with Gasteiger partial charge in [-0.15, -0.1) is 0 Å². The predicted octanol–water partition coefficient (Wildman–Crippen LogP) is 17.7. The molecule has 720 valence electrons. The normalized spacial score (nSPS) is 18.3. The third kappa shape index (κ3) is 25.3. The van der Waals surface area contributed by atoms with Crippen LogP contribution in [-0.4, -0.2) is 136 Å². The first-order valence-corrected chi connectivity index (χ1v) is 45.2. The van der Waals surface area contributed by atoms with Crippen LogP contribution in [0.3, 0.4) is 0 Å². The Morgan fingerprint density at radius 1 is 0.704 bits per heavy atom. The van der Waals surface area contributed by atoms with Crippen LogP contribution in [-0.2, 0) is 66.3 Å². The molecular weight excluding hydrogens is 1750 g/mol. The van der Waals surface area contributed by atoms with Crippen LogP contribution in [0.4, 0.5) is 58.0 Å². The van der Waals surface area contributed by atoms with Crippen molar-refractivity contribution in [3.63, 3.8) is 0 Å². The van der Waals surface area contributed by atoms with E-state index in [9.17, 15) is 93.5 Å². The number of fused-ring (bicyclic) bond motifs is 7. The van der Waals surface area contributed by atoms with Gasteiger partial charge in [-0.3, -0.25) is 48.5 Å². The number of allylic oxidation sites excluding steroid dienone is 3. The van der Waals surface area contributed by atoms with Crippen molar-refractivity contribution < 1.29 is 93.0 Å². The molecular formula is C102H118F8N12O13. The first-order valence-electron chi connectivity index (χ1n) is 45.2. The van der Waals surface area contributed by atoms with Crippen LogP contribution in [0.5, 0.6) is 0 Å². The van der Waals surface area contributed by atoms with Crippen LogP contribution in [0, 0.1) is 50.7 Å². The molecule has 7 atom stereocenters. The lowest BCUT2D eigenvalue weighted by Crippen LogP contribution is -2.54. The number of imidazole rings is 1. The highest BCUT2D eigenvalue weighted by molar-refractivity contribution is 6.10. The fraction of sp³-hybridized carbons (Fsp3) is 0.431. The number of rotatable bonds is 24. The van der Waals surface area contributed by atoms with Crippen LogP contribution in [0.2, 0.25) is 0 Å². The first-order chi connectivity index (χ1) is 63.5. The molecule has 0 radical (unpaired) electrons. The van der Waals surface area contributed by atoms with Crippen LogP contribution in [0.25, 0.3) is 22.3 Å². The summed E-state index contributed by atoms with van der Waals surface area (Å²) >= 11 is 0. The van der Waals surface area contributed by atoms with E-state index in [1.165, 1.54) is 53.9 Å². The van der Waals surface area contributed by atoms with E-state index in [1.807, 2.05) is 61.0 Å². The molecule has 25 nitrogen and oxygen atoms in total. The van der Waals surface area contributed by atoms with E-state index >= 15 is 0 Å². The fourth-order valence-corrected chi connectivity index (χ4v) is 17.7. The second-order valence-corrected chi connectivity index (χ2v) is 38.6. The van der Waals surface area contributed by atoms with E-state index < -0.39 is 112 Å². The summed E-state index contributed by atoms with van der Waals surface area (Å²) in [6.45, 7) is 23.9. The fourth-order valence-electron chi connectivity index (χ4n) is 17.7. The Kier molecular flexibility index (Phi) is 32.7. The number of esters is 1. The van der Waals surface area contributed by atoms with Gasteiger partial charge in [0, 0.05) is 90.9 Å². The highest BCUT2D eigenvalue weighted by Gasteiger charge is 2.58. The summed E-state index contributed by atoms with van der Waals surface area (Å²) in [7, 11) is 1.65. The van der Waals surface area contributed by atoms with Gasteiger partial charge < -0.3 is 61.8 Å². The third-order valence-corrected chi connectivity index (χ3v) is 24.9. The number of hydrogen-bond donors (Lipinski definition) is 9. The largest absolute Gasteiger partial charge is 0.459 e. The molecule has 4 aliphatic carbocycles. The van der Waals surface area contributed by atoms with Crippen molar-refractivity contribution in [2.45, 2.75) is 239 Å². The molecule has 0 spiro atoms. The molecule has 6 aliphatic rings. The Morgan fingerprint density at radius 3 is 1.96 bits per heavy atom. The molecule has 2 aliphatic heterocycles. The molecule has 1 unspecified atom stereocenters. The number of hydrogen-bond acceptors (Lipinski definition) is 16. The second kappa shape index (κ2) is 42.9. The van der Waals surface area contributed by atoms with Crippen molar-refractivity contribution >= 4 is 76.0 Å². The summed E-state index contributed by atoms with van der Waals surface area (Å²) in [6.07, 6.45) is 6.14. The quantitative estimate of drug-likeness (QED) is 0.00892. The van der Waals surface area contributed by atoms with Gasteiger partial charge in [-0.1, -0.05) is 169 Å². The number of carbonyl (C=O) groups is 9. The standard InChI is InChI=1S/C27H41F2N5O.C27H26FN3O4.C26H31NO5.C22H20F5N3O3/c1-7-8-23(32-20-10-9-18-11-19(28)12-22(29)21(18)13-20)25(35)33-24-14-34(17-31-24)27(5,6)16-30-15-26(2,3)4;1-15-12-17(14-18(28)13-15)24(32)26(34)29-16(2)25(33)30-23-21-10-5-4-8-19(21)20-9-6-7-11-22(20)31(3)27(23)35;1-16-13-18-14-26(2,3)15-21(28)23(18)24(17-9-11-19(12-10-17)27(30)31)22(16)25(29)32-20-7-5-4-6-8-20;1-20(2,18(32)28-11-21(23,24)22(25,26)27)19(33)30-16-14-9-4-3-7-12(14)13-8-5-6-10-15(13)29-17(16)31/h11-12,14,17,20,23,30,32H,7-10,13,15-16H2,1-6H3,(H,33,35);4-14,16,23-24,32H,1-3H3,(H,29,34)(H,30,33);9-12,20,24H,4-8,13-15H2,1-3H3;3-10,16H,11H2,1-2H3,(H,28,32)(H,29,31)(H,30,33)/t20-,23-;16-,23-,24-;;16-/m00.0/s1. The van der Waals surface area contributed by atoms with E-state index in [4.69, 9.17) is 4.74 Å². The summed E-state index contributed by atoms with van der Waals surface area (Å²) in [5, 5.41) is 43.2. The van der Waals surface area contributed by atoms with Gasteiger partial charge in [0.15, 0.2) is 17.7 Å². The Morgan fingerprint density at radius 2 is 1.32 bits per heavy atom. The van der Waals surface area contributed by atoms with Crippen molar-refractivity contribution in [3.8, 4) is 22.3 Å². The molecule has 135 heavy (non-hydrogen) atoms. The number of aromatic nitrogens is 2. The highest BCUT2D eigenvalue weighted by Crippen LogP contribution is 2.51. The van der Waals surface area contributed by atoms with Gasteiger partial charge in [-0.2, -0.15) is 22.0 Å². The van der Waals surface area contributed by atoms with Gasteiger partial charge in [-0.05, 0) is 204 Å². The summed E-state index contributed by atoms with van der Waals surface area (Å²) in [6, 6.07) is 37.2. The van der Waals surface area contributed by atoms with Gasteiger partial charge in [0.1, 0.15) is 47.1 Å². The third-order valence-electron chi connectivity index (χ3n) is 24.9. The number of non-ortho nitro benzene ring substituents is 1. The summed E-state index contributed by atoms with van der Waals surface area (Å²) < 4.78 is 113. The van der Waals surface area contributed by atoms with Crippen molar-refractivity contribution in [2.75, 3.05) is 42.2 Å². The van der Waals surface area contributed by atoms with Gasteiger partial charge >= 0.3 is 18.1 Å². The Hall–Kier alpha value is -12.6. The van der Waals surface area contributed by atoms with Gasteiger partial charge in [0.25, 0.3) is 23.4 Å². The molecule has 7 aromatic carbocycles. The average Bonchev–Trinajstić information content (AvgIpc) is 1.53. The van der Waals surface area contributed by atoms with Crippen LogP contribution < -0.4 is 47.4 Å². The van der Waals surface area contributed by atoms with E-state index in [0.717, 1.165) is 123 Å². The molecule has 0 saturated heterocycles. The molecule has 3 heterocycles. The van der Waals surface area contributed by atoms with E-state index in [1.54, 1.807) is 93.1 Å². The minimum absolute atomic E-state index is 0.0121. The summed E-state index contributed by atoms with van der Waals surface area (Å²) in [5.74, 6) is -12.0. The van der Waals surface area contributed by atoms with E-state index in [2.05, 4.69) is 90.7 Å². The molecule has 14 rings (SSSR count). The molecule has 1 saturated carbocycles. The SMILES string of the molecule is CC(C)(C(=O)NCC(F)(F)C(F)(F)F)C(=O)N[C@@H]1C(=O)Nc2ccccc2-c2ccccc21.CC1=C(C(=O)OC2CCCCC2)C(c2ccc([N+](=O)[O-])cc2)C2=C(C1)CC(C)(C)CC2=O.CCC[C@H](N[C@H]1CCc2cc(F)cc(F)c2C1)C(=O)Nc1cn(C(C)(C)CNCC(C)(C)C)cn1.Cc1cc(F)cc([C@H](O)C(=O)N[C@@H](C)C(=O)N[C@@H]2C(=O)N(C)c3ccccc3-c3ccccc32)c1. The maximum Gasteiger partial charge on any atom is 0.455 e. The van der Waals surface area contributed by atoms with Crippen LogP contribution in [0.1, 0.15) is 217 Å². The number of nitrogens with one attached hydrogen (secondary N) is 8. The number of alkyl halides is 5. The van der Waals surface area contributed by atoms with Crippen LogP contribution in [0.15, 0.2) is 186 Å². The molecule has 0 bridgehead atoms. The Balaban J connectivity index is 0.000000173. The molecule has 1 aromatic heterocycles. The first kappa shape index (κ1) is 103. The zero-order valence-electron chi connectivity index (χ0n) is 78.2. The lowest BCUT2D eigenvalue weighted by Gasteiger charge is -2.39. The number of Topliss-reactive ketones (excluding diaryl/α,β-unsaturated/α-hetero) is 1. The summed E-state index contributed by atoms with van der Waals surface area (Å²) in [4.78, 5) is 133. The number of benzene rings is 7. The predicted molar refractivity (Wildman–Crippen MR) is 497 cm³/mol. The molecule has 9 N–H and O–H groups in total. The number of nitrogens with zero attached hydrogens (tertiary/aromatic N) is 4. The number of para-hydroxylation sites is 2. The summed E-state index contributed by atoms with van der Waals surface area (Å²) in [5.41, 5.74) is 8.99. The maximum absolute atomic E-state index is 14.3. The number of nitro groups is 1.